The van der Waals surface area contributed by atoms with Crippen molar-refractivity contribution in [2.24, 2.45) is 0 Å². The zero-order chi connectivity index (χ0) is 12.2. The van der Waals surface area contributed by atoms with Crippen molar-refractivity contribution in [3.63, 3.8) is 0 Å². The molecule has 1 atom stereocenters. The van der Waals surface area contributed by atoms with Crippen LogP contribution in [0.2, 0.25) is 0 Å². The van der Waals surface area contributed by atoms with E-state index >= 15 is 0 Å². The number of nitrogens with zero attached hydrogens (tertiary/aromatic N) is 1. The van der Waals surface area contributed by atoms with Crippen LogP contribution >= 0.6 is 11.5 Å². The lowest BCUT2D eigenvalue weighted by Crippen LogP contribution is -2.23. The van der Waals surface area contributed by atoms with Gasteiger partial charge in [-0.15, -0.1) is 0 Å². The Morgan fingerprint density at radius 2 is 1.88 bits per heavy atom. The molecule has 0 fully saturated rings. The van der Waals surface area contributed by atoms with E-state index in [4.69, 9.17) is 0 Å². The number of hydrogen-bond donors (Lipinski definition) is 0. The topological polar surface area (TPSA) is 12.9 Å². The summed E-state index contributed by atoms with van der Waals surface area (Å²) >= 11 is 0.626. The van der Waals surface area contributed by atoms with Gasteiger partial charge in [-0.3, -0.25) is 0 Å². The molecule has 1 unspecified atom stereocenters. The van der Waals surface area contributed by atoms with E-state index in [9.17, 15) is 8.78 Å². The molecule has 1 aromatic rings. The summed E-state index contributed by atoms with van der Waals surface area (Å²) in [7, 11) is 0. The van der Waals surface area contributed by atoms with Gasteiger partial charge < -0.3 is 0 Å². The maximum Gasteiger partial charge on any atom is 0.231 e. The largest absolute Gasteiger partial charge is 0.231 e. The fourth-order valence-corrected chi connectivity index (χ4v) is 2.76. The van der Waals surface area contributed by atoms with Crippen molar-refractivity contribution in [3.05, 3.63) is 16.6 Å². The van der Waals surface area contributed by atoms with Crippen molar-refractivity contribution >= 4 is 11.5 Å². The van der Waals surface area contributed by atoms with Gasteiger partial charge in [0.1, 0.15) is 0 Å². The third-order valence-corrected chi connectivity index (χ3v) is 3.67. The van der Waals surface area contributed by atoms with Crippen LogP contribution in [0.15, 0.2) is 0 Å². The lowest BCUT2D eigenvalue weighted by atomic mass is 9.78. The summed E-state index contributed by atoms with van der Waals surface area (Å²) in [5.74, 6) is -0.739. The van der Waals surface area contributed by atoms with Crippen LogP contribution in [0.5, 0.6) is 0 Å². The second-order valence-corrected chi connectivity index (χ2v) is 5.26. The molecule has 0 saturated heterocycles. The number of unbranched alkanes of at least 4 members (excludes halogenated alkanes) is 1. The minimum absolute atomic E-state index is 0.310. The van der Waals surface area contributed by atoms with Gasteiger partial charge in [-0.2, -0.15) is 8.76 Å². The summed E-state index contributed by atoms with van der Waals surface area (Å²) in [4.78, 5) is 0. The predicted molar refractivity (Wildman–Crippen MR) is 63.8 cm³/mol. The molecule has 0 spiro atoms. The highest BCUT2D eigenvalue weighted by Crippen LogP contribution is 2.36. The highest BCUT2D eigenvalue weighted by molar-refractivity contribution is 7.04. The first kappa shape index (κ1) is 13.6. The summed E-state index contributed by atoms with van der Waals surface area (Å²) in [5.41, 5.74) is 0.0145. The monoisotopic (exact) mass is 247 g/mol. The van der Waals surface area contributed by atoms with Crippen molar-refractivity contribution in [1.29, 1.82) is 0 Å². The molecule has 92 valence electrons. The summed E-state index contributed by atoms with van der Waals surface area (Å²) in [6.07, 6.45) is 4.77. The molecule has 1 aromatic heterocycles. The summed E-state index contributed by atoms with van der Waals surface area (Å²) in [6, 6.07) is 0. The number of hydrogen-bond acceptors (Lipinski definition) is 2. The van der Waals surface area contributed by atoms with Crippen molar-refractivity contribution in [2.45, 2.75) is 58.3 Å². The molecule has 0 bridgehead atoms. The zero-order valence-corrected chi connectivity index (χ0v) is 11.0. The van der Waals surface area contributed by atoms with Gasteiger partial charge in [0.2, 0.25) is 5.13 Å². The number of rotatable bonds is 6. The molecule has 0 radical (unpaired) electrons. The van der Waals surface area contributed by atoms with Gasteiger partial charge in [-0.05, 0) is 24.4 Å². The average Bonchev–Trinajstić information content (AvgIpc) is 2.58. The van der Waals surface area contributed by atoms with E-state index < -0.39 is 10.9 Å². The number of aromatic nitrogens is 1. The lowest BCUT2D eigenvalue weighted by molar-refractivity contribution is 0.355. The SMILES string of the molecule is CCCCC(C)(CCC)c1nsc(F)c1F. The van der Waals surface area contributed by atoms with Gasteiger partial charge in [0, 0.05) is 5.41 Å². The Hall–Kier alpha value is -0.510. The molecule has 16 heavy (non-hydrogen) atoms. The van der Waals surface area contributed by atoms with Crippen LogP contribution in [0, 0.1) is 10.9 Å². The maximum atomic E-state index is 13.6. The van der Waals surface area contributed by atoms with Crippen LogP contribution < -0.4 is 0 Å². The third-order valence-electron chi connectivity index (χ3n) is 3.05. The normalized spacial score (nSPS) is 15.1. The fraction of sp³-hybridized carbons (Fsp3) is 0.750. The van der Waals surface area contributed by atoms with Gasteiger partial charge >= 0.3 is 0 Å². The third kappa shape index (κ3) is 2.78. The standard InChI is InChI=1S/C12H19F2NS/c1-4-6-8-12(3,7-5-2)10-9(13)11(14)16-15-10/h4-8H2,1-3H3. The molecule has 0 saturated carbocycles. The van der Waals surface area contributed by atoms with Gasteiger partial charge in [0.15, 0.2) is 5.82 Å². The molecule has 0 aliphatic heterocycles. The van der Waals surface area contributed by atoms with Crippen LogP contribution in [-0.4, -0.2) is 4.37 Å². The zero-order valence-electron chi connectivity index (χ0n) is 10.1. The van der Waals surface area contributed by atoms with Crippen LogP contribution in [0.1, 0.15) is 58.6 Å². The van der Waals surface area contributed by atoms with Crippen LogP contribution in [0.4, 0.5) is 8.78 Å². The fourth-order valence-electron chi connectivity index (χ4n) is 2.11. The van der Waals surface area contributed by atoms with E-state index in [2.05, 4.69) is 18.2 Å². The summed E-state index contributed by atoms with van der Waals surface area (Å²) < 4.78 is 30.5. The summed E-state index contributed by atoms with van der Waals surface area (Å²) in [6.45, 7) is 6.15. The van der Waals surface area contributed by atoms with Gasteiger partial charge in [0.05, 0.1) is 5.69 Å². The quantitative estimate of drug-likeness (QED) is 0.712. The van der Waals surface area contributed by atoms with Crippen LogP contribution in [-0.2, 0) is 5.41 Å². The van der Waals surface area contributed by atoms with E-state index in [1.807, 2.05) is 6.92 Å². The molecular formula is C12H19F2NS. The van der Waals surface area contributed by atoms with Crippen molar-refractivity contribution in [1.82, 2.24) is 4.37 Å². The first-order valence-electron chi connectivity index (χ1n) is 5.86. The van der Waals surface area contributed by atoms with Gasteiger partial charge in [0.25, 0.3) is 0 Å². The molecule has 1 heterocycles. The van der Waals surface area contributed by atoms with Crippen LogP contribution in [0.25, 0.3) is 0 Å². The van der Waals surface area contributed by atoms with Crippen molar-refractivity contribution < 1.29 is 8.78 Å². The Labute approximate surface area is 100 Å². The second-order valence-electron chi connectivity index (χ2n) is 4.53. The smallest absolute Gasteiger partial charge is 0.201 e. The first-order valence-corrected chi connectivity index (χ1v) is 6.63. The molecule has 1 rings (SSSR count). The van der Waals surface area contributed by atoms with E-state index in [1.54, 1.807) is 0 Å². The Balaban J connectivity index is 2.96. The molecule has 1 nitrogen and oxygen atoms in total. The summed E-state index contributed by atoms with van der Waals surface area (Å²) in [5, 5.41) is -0.783. The van der Waals surface area contributed by atoms with E-state index in [0.29, 0.717) is 17.2 Å². The minimum atomic E-state index is -0.783. The van der Waals surface area contributed by atoms with E-state index in [-0.39, 0.29) is 5.41 Å². The van der Waals surface area contributed by atoms with Crippen molar-refractivity contribution in [2.75, 3.05) is 0 Å². The van der Waals surface area contributed by atoms with Gasteiger partial charge in [-0.1, -0.05) is 40.0 Å². The Bertz CT molecular complexity index is 338. The lowest BCUT2D eigenvalue weighted by Gasteiger charge is -2.27. The van der Waals surface area contributed by atoms with Crippen molar-refractivity contribution in [3.8, 4) is 0 Å². The van der Waals surface area contributed by atoms with Crippen LogP contribution in [0.3, 0.4) is 0 Å². The molecular weight excluding hydrogens is 228 g/mol. The second kappa shape index (κ2) is 5.71. The first-order chi connectivity index (χ1) is 7.55. The van der Waals surface area contributed by atoms with E-state index in [0.717, 1.165) is 32.1 Å². The minimum Gasteiger partial charge on any atom is -0.201 e. The molecule has 4 heteroatoms. The number of halogens is 2. The highest BCUT2D eigenvalue weighted by atomic mass is 32.1. The van der Waals surface area contributed by atoms with Gasteiger partial charge in [-0.25, -0.2) is 4.39 Å². The highest BCUT2D eigenvalue weighted by Gasteiger charge is 2.32. The maximum absolute atomic E-state index is 13.6. The molecule has 0 aliphatic rings. The molecule has 0 aromatic carbocycles. The molecule has 0 amide bonds. The molecule has 0 aliphatic carbocycles. The average molecular weight is 247 g/mol. The Morgan fingerprint density at radius 3 is 2.31 bits per heavy atom. The predicted octanol–water partition coefficient (Wildman–Crippen LogP) is 4.67. The Kier molecular flexibility index (Phi) is 4.84. The Morgan fingerprint density at radius 1 is 1.19 bits per heavy atom. The van der Waals surface area contributed by atoms with E-state index in [1.165, 1.54) is 0 Å². The molecule has 0 N–H and O–H groups in total.